The molecule has 6 N–H and O–H groups in total. The minimum absolute atomic E-state index is 0.0741. The lowest BCUT2D eigenvalue weighted by Crippen LogP contribution is -2.34. The van der Waals surface area contributed by atoms with E-state index in [1.807, 2.05) is 59.7 Å². The van der Waals surface area contributed by atoms with Crippen molar-refractivity contribution >= 4 is 41.7 Å². The molecule has 0 aliphatic rings. The second-order valence-electron chi connectivity index (χ2n) is 19.7. The Morgan fingerprint density at radius 2 is 1.03 bits per heavy atom. The second kappa shape index (κ2) is 30.6. The second-order valence-corrected chi connectivity index (χ2v) is 19.7. The number of hydrogen-bond acceptors (Lipinski definition) is 14. The number of amides is 4. The van der Waals surface area contributed by atoms with Crippen LogP contribution in [0, 0.1) is 17.8 Å². The summed E-state index contributed by atoms with van der Waals surface area (Å²) < 4.78 is 32.9. The van der Waals surface area contributed by atoms with Crippen LogP contribution in [0.15, 0.2) is 36.4 Å². The van der Waals surface area contributed by atoms with Crippen LogP contribution in [0.4, 0.5) is 14.4 Å². The minimum atomic E-state index is -0.659. The first-order chi connectivity index (χ1) is 31.8. The maximum absolute atomic E-state index is 13.2. The predicted molar refractivity (Wildman–Crippen MR) is 266 cm³/mol. The van der Waals surface area contributed by atoms with Gasteiger partial charge in [-0.15, -0.1) is 0 Å². The summed E-state index contributed by atoms with van der Waals surface area (Å²) in [6.07, 6.45) is -1.13. The van der Waals surface area contributed by atoms with Gasteiger partial charge in [0, 0.05) is 29.5 Å². The first kappa shape index (κ1) is 63.1. The van der Waals surface area contributed by atoms with Crippen molar-refractivity contribution in [3.8, 4) is 22.6 Å². The van der Waals surface area contributed by atoms with Crippen LogP contribution in [0.2, 0.25) is 0 Å². The van der Waals surface area contributed by atoms with E-state index in [-0.39, 0.29) is 86.4 Å². The van der Waals surface area contributed by atoms with Crippen LogP contribution in [0.3, 0.4) is 0 Å². The van der Waals surface area contributed by atoms with Gasteiger partial charge in [0.15, 0.2) is 5.78 Å². The summed E-state index contributed by atoms with van der Waals surface area (Å²) >= 11 is 0. The smallest absolute Gasteiger partial charge is 0.407 e. The largest absolute Gasteiger partial charge is 0.491 e. The van der Waals surface area contributed by atoms with Gasteiger partial charge in [0.1, 0.15) is 47.3 Å². The van der Waals surface area contributed by atoms with Crippen LogP contribution in [-0.4, -0.2) is 112 Å². The van der Waals surface area contributed by atoms with E-state index < -0.39 is 35.2 Å². The number of Topliss-reactive ketones (excluding diaryl/α,β-unsaturated/α-hetero) is 2. The number of carbonyl (C=O) groups excluding carboxylic acids is 7. The summed E-state index contributed by atoms with van der Waals surface area (Å²) in [6, 6.07) is 10.8. The summed E-state index contributed by atoms with van der Waals surface area (Å²) in [4.78, 5) is 83.2. The van der Waals surface area contributed by atoms with Crippen LogP contribution in [0.5, 0.6) is 11.5 Å². The zero-order valence-electron chi connectivity index (χ0n) is 44.3. The third-order valence-electron chi connectivity index (χ3n) is 9.08. The van der Waals surface area contributed by atoms with Crippen molar-refractivity contribution in [1.29, 1.82) is 0 Å². The molecule has 0 aliphatic carbocycles. The van der Waals surface area contributed by atoms with Crippen molar-refractivity contribution in [2.45, 2.75) is 140 Å². The van der Waals surface area contributed by atoms with Crippen molar-refractivity contribution in [1.82, 2.24) is 21.3 Å². The molecule has 2 aromatic carbocycles. The molecule has 2 atom stereocenters. The van der Waals surface area contributed by atoms with Gasteiger partial charge in [-0.05, 0) is 118 Å². The van der Waals surface area contributed by atoms with Crippen molar-refractivity contribution in [3.63, 3.8) is 0 Å². The van der Waals surface area contributed by atoms with E-state index in [1.54, 1.807) is 87.4 Å². The summed E-state index contributed by atoms with van der Waals surface area (Å²) in [7, 11) is 1.34. The van der Waals surface area contributed by atoms with E-state index in [4.69, 9.17) is 34.2 Å². The lowest BCUT2D eigenvalue weighted by Gasteiger charge is -2.21. The normalized spacial score (nSPS) is 12.1. The van der Waals surface area contributed by atoms with E-state index in [9.17, 15) is 33.6 Å². The topological polar surface area (TPSA) is 249 Å². The van der Waals surface area contributed by atoms with Crippen molar-refractivity contribution in [2.24, 2.45) is 23.5 Å². The molecule has 2 rings (SSSR count). The number of ether oxygens (including phenoxy) is 6. The van der Waals surface area contributed by atoms with E-state index in [2.05, 4.69) is 21.3 Å². The molecule has 18 heteroatoms. The zero-order chi connectivity index (χ0) is 53.3. The molecule has 0 spiro atoms. The molecule has 0 saturated heterocycles. The highest BCUT2D eigenvalue weighted by atomic mass is 16.6. The number of methoxy groups -OCH3 is 1. The van der Waals surface area contributed by atoms with Gasteiger partial charge in [0.05, 0.1) is 45.1 Å². The van der Waals surface area contributed by atoms with Gasteiger partial charge in [-0.25, -0.2) is 14.4 Å². The van der Waals surface area contributed by atoms with Crippen LogP contribution >= 0.6 is 0 Å². The van der Waals surface area contributed by atoms with Crippen LogP contribution in [0.25, 0.3) is 11.1 Å². The summed E-state index contributed by atoms with van der Waals surface area (Å²) in [6.45, 7) is 30.0. The maximum atomic E-state index is 13.2. The fourth-order valence-corrected chi connectivity index (χ4v) is 5.47. The third-order valence-corrected chi connectivity index (χ3v) is 9.08. The Hall–Kier alpha value is -5.91. The quantitative estimate of drug-likeness (QED) is 0.0486. The van der Waals surface area contributed by atoms with Crippen molar-refractivity contribution in [2.75, 3.05) is 53.0 Å². The van der Waals surface area contributed by atoms with Gasteiger partial charge in [-0.1, -0.05) is 46.8 Å². The summed E-state index contributed by atoms with van der Waals surface area (Å²) in [5, 5.41) is 10.6. The first-order valence-electron chi connectivity index (χ1n) is 23.4. The van der Waals surface area contributed by atoms with Gasteiger partial charge in [-0.2, -0.15) is 0 Å². The van der Waals surface area contributed by atoms with Crippen LogP contribution in [-0.2, 0) is 44.5 Å². The molecule has 2 unspecified atom stereocenters. The number of carbonyl (C=O) groups is 7. The van der Waals surface area contributed by atoms with Gasteiger partial charge in [0.25, 0.3) is 0 Å². The Morgan fingerprint density at radius 3 is 1.42 bits per heavy atom. The maximum Gasteiger partial charge on any atom is 0.407 e. The molecule has 0 aromatic heterocycles. The number of benzene rings is 2. The zero-order valence-corrected chi connectivity index (χ0v) is 44.3. The Balaban J connectivity index is 0.00000229. The van der Waals surface area contributed by atoms with E-state index in [0.29, 0.717) is 41.2 Å². The average Bonchev–Trinajstić information content (AvgIpc) is 3.23. The molecule has 4 amide bonds. The Kier molecular flexibility index (Phi) is 27.9. The Morgan fingerprint density at radius 1 is 0.594 bits per heavy atom. The number of ketones is 2. The fourth-order valence-electron chi connectivity index (χ4n) is 5.47. The molecule has 0 saturated carbocycles. The lowest BCUT2D eigenvalue weighted by molar-refractivity contribution is -0.144. The molecule has 0 bridgehead atoms. The number of nitrogens with one attached hydrogen (secondary N) is 4. The first-order valence-corrected chi connectivity index (χ1v) is 23.4. The van der Waals surface area contributed by atoms with Gasteiger partial charge in [0.2, 0.25) is 5.91 Å². The highest BCUT2D eigenvalue weighted by Gasteiger charge is 2.23. The van der Waals surface area contributed by atoms with Crippen molar-refractivity contribution < 1.29 is 62.0 Å². The van der Waals surface area contributed by atoms with Crippen LogP contribution < -0.4 is 36.5 Å². The number of nitrogens with two attached hydrogens (primary N) is 1. The third kappa shape index (κ3) is 28.2. The Bertz CT molecular complexity index is 1960. The SMILES string of the molecule is CC(C)C(=O)CN.CCNC(=O)OC(C)(C)C.COC(=O)C(C)Cc1ccc(OCCNC(=O)OC(C)(C)C)c(-c2cc(C(C)C(=O)NCC(=O)C(C)C)ccc2OCCNC(=O)OC(C)(C)C)c1. The molecule has 18 nitrogen and oxygen atoms in total. The molecule has 0 radical (unpaired) electrons. The highest BCUT2D eigenvalue weighted by molar-refractivity contribution is 5.90. The standard InChI is InChI=1S/C39H57N3O10.C7H15NO2.C5H11NO/c1-24(2)31(43)23-42-34(44)26(4)28-13-15-33(50-19-17-41-37(47)52-39(8,9)10)30(22-28)29-21-27(20-25(3)35(45)48-11)12-14-32(29)49-18-16-40-36(46)51-38(5,6)7;1-5-8-6(9)10-7(2,3)4;1-4(2)5(7)3-6/h12-15,21-22,24-26H,16-20,23H2,1-11H3,(H,40,46)(H,41,47)(H,42,44);5H2,1-4H3,(H,8,9);4H,3,6H2,1-2H3. The van der Waals surface area contributed by atoms with E-state index >= 15 is 0 Å². The van der Waals surface area contributed by atoms with Gasteiger partial charge >= 0.3 is 24.2 Å². The average molecular weight is 974 g/mol. The van der Waals surface area contributed by atoms with Gasteiger partial charge in [-0.3, -0.25) is 19.2 Å². The summed E-state index contributed by atoms with van der Waals surface area (Å²) in [5.41, 5.74) is 5.96. The molecular weight excluding hydrogens is 891 g/mol. The fraction of sp³-hybridized carbons (Fsp3) is 0.627. The molecule has 390 valence electrons. The molecule has 2 aromatic rings. The monoisotopic (exact) mass is 974 g/mol. The number of hydrogen-bond donors (Lipinski definition) is 5. The summed E-state index contributed by atoms with van der Waals surface area (Å²) in [5.74, 6) is -0.908. The highest BCUT2D eigenvalue weighted by Crippen LogP contribution is 2.39. The lowest BCUT2D eigenvalue weighted by atomic mass is 9.92. The minimum Gasteiger partial charge on any atom is -0.491 e. The molecule has 0 fully saturated rings. The van der Waals surface area contributed by atoms with Crippen molar-refractivity contribution in [3.05, 3.63) is 47.5 Å². The Labute approximate surface area is 410 Å². The number of esters is 1. The van der Waals surface area contributed by atoms with Gasteiger partial charge < -0.3 is 55.4 Å². The van der Waals surface area contributed by atoms with Crippen LogP contribution in [0.1, 0.15) is 128 Å². The molecular formula is C51H83N5O13. The molecule has 69 heavy (non-hydrogen) atoms. The number of alkyl carbamates (subject to hydrolysis) is 3. The molecule has 0 aliphatic heterocycles. The number of rotatable bonds is 20. The predicted octanol–water partition coefficient (Wildman–Crippen LogP) is 7.66. The molecule has 0 heterocycles. The van der Waals surface area contributed by atoms with E-state index in [0.717, 1.165) is 5.56 Å². The van der Waals surface area contributed by atoms with E-state index in [1.165, 1.54) is 7.11 Å².